The number of carbonyl (C=O) groups excluding carboxylic acids is 2. The monoisotopic (exact) mass is 588 g/mol. The van der Waals surface area contributed by atoms with E-state index in [4.69, 9.17) is 37.4 Å². The average Bonchev–Trinajstić information content (AvgIpc) is 2.82. The minimum atomic E-state index is -3.64. The summed E-state index contributed by atoms with van der Waals surface area (Å²) >= 11 is 13.0. The normalized spacial score (nSPS) is 13.2. The van der Waals surface area contributed by atoms with E-state index < -0.39 is 31.5 Å². The number of carbonyl (C=O) groups is 2. The van der Waals surface area contributed by atoms with E-state index >= 15 is 0 Å². The van der Waals surface area contributed by atoms with E-state index in [1.54, 1.807) is 38.1 Å². The van der Waals surface area contributed by atoms with Crippen molar-refractivity contribution in [1.82, 2.24) is 10.2 Å². The van der Waals surface area contributed by atoms with Gasteiger partial charge in [-0.1, -0.05) is 37.0 Å². The summed E-state index contributed by atoms with van der Waals surface area (Å²) in [5.41, 5.74) is 1.17. The van der Waals surface area contributed by atoms with Crippen LogP contribution in [0.3, 0.4) is 0 Å². The molecule has 0 bridgehead atoms. The first-order valence-electron chi connectivity index (χ1n) is 12.3. The maximum Gasteiger partial charge on any atom is 0.323 e. The predicted octanol–water partition coefficient (Wildman–Crippen LogP) is 6.39. The Balaban J connectivity index is 2.35. The Morgan fingerprint density at radius 3 is 1.87 bits per heavy atom. The summed E-state index contributed by atoms with van der Waals surface area (Å²) in [5, 5.41) is 16.0. The van der Waals surface area contributed by atoms with Gasteiger partial charge in [0.25, 0.3) is 0 Å². The van der Waals surface area contributed by atoms with E-state index in [2.05, 4.69) is 10.2 Å². The summed E-state index contributed by atoms with van der Waals surface area (Å²) in [7, 11) is -3.64. The molecular weight excluding hydrogens is 554 g/mol. The maximum atomic E-state index is 14.0. The lowest BCUT2D eigenvalue weighted by molar-refractivity contribution is -0.145. The second kappa shape index (κ2) is 14.2. The van der Waals surface area contributed by atoms with Crippen LogP contribution in [-0.4, -0.2) is 42.3 Å². The van der Waals surface area contributed by atoms with Crippen LogP contribution >= 0.6 is 30.6 Å². The molecule has 2 atom stereocenters. The number of aromatic hydroxyl groups is 1. The Labute approximate surface area is 233 Å². The maximum absolute atomic E-state index is 14.0. The van der Waals surface area contributed by atoms with Crippen molar-refractivity contribution in [3.05, 3.63) is 51.5 Å². The van der Waals surface area contributed by atoms with Crippen LogP contribution in [0.15, 0.2) is 30.3 Å². The van der Waals surface area contributed by atoms with Crippen LogP contribution < -0.4 is 14.9 Å². The van der Waals surface area contributed by atoms with Gasteiger partial charge in [0, 0.05) is 5.56 Å². The Morgan fingerprint density at radius 1 is 0.921 bits per heavy atom. The molecule has 2 aromatic carbocycles. The van der Waals surface area contributed by atoms with Crippen LogP contribution in [0.1, 0.15) is 58.6 Å². The molecule has 0 saturated heterocycles. The van der Waals surface area contributed by atoms with Crippen LogP contribution in [0, 0.1) is 0 Å². The zero-order chi connectivity index (χ0) is 28.6. The third-order valence-electron chi connectivity index (χ3n) is 5.39. The molecule has 0 saturated carbocycles. The summed E-state index contributed by atoms with van der Waals surface area (Å²) in [4.78, 5) is 24.4. The summed E-state index contributed by atoms with van der Waals surface area (Å²) in [6, 6.07) is 6.07. The van der Waals surface area contributed by atoms with Crippen LogP contribution in [0.5, 0.6) is 17.2 Å². The molecule has 0 aliphatic heterocycles. The van der Waals surface area contributed by atoms with E-state index in [1.807, 2.05) is 13.8 Å². The second-order valence-electron chi connectivity index (χ2n) is 8.97. The van der Waals surface area contributed by atoms with E-state index in [0.717, 1.165) is 0 Å². The van der Waals surface area contributed by atoms with E-state index in [1.165, 1.54) is 19.9 Å². The Bertz CT molecular complexity index is 1140. The number of hydrogen-bond acceptors (Lipinski definition) is 7. The van der Waals surface area contributed by atoms with E-state index in [9.17, 15) is 19.3 Å². The van der Waals surface area contributed by atoms with Crippen LogP contribution in [0.2, 0.25) is 10.0 Å². The topological polar surface area (TPSA) is 123 Å². The van der Waals surface area contributed by atoms with Gasteiger partial charge in [-0.25, -0.2) is 10.2 Å². The molecule has 0 aliphatic carbocycles. The molecule has 0 aliphatic rings. The first-order valence-corrected chi connectivity index (χ1v) is 14.9. The number of benzene rings is 2. The van der Waals surface area contributed by atoms with Gasteiger partial charge in [-0.3, -0.25) is 14.2 Å². The lowest BCUT2D eigenvalue weighted by Gasteiger charge is -2.26. The highest BCUT2D eigenvalue weighted by atomic mass is 35.5. The highest BCUT2D eigenvalue weighted by Crippen LogP contribution is 2.45. The van der Waals surface area contributed by atoms with Crippen molar-refractivity contribution in [3.63, 3.8) is 0 Å². The fraction of sp³-hybridized carbons (Fsp3) is 0.462. The van der Waals surface area contributed by atoms with Gasteiger partial charge in [-0.15, -0.1) is 0 Å². The molecule has 0 aromatic heterocycles. The lowest BCUT2D eigenvalue weighted by atomic mass is 10.0. The van der Waals surface area contributed by atoms with Crippen molar-refractivity contribution in [3.8, 4) is 17.2 Å². The molecule has 3 N–H and O–H groups in total. The number of esters is 2. The number of ether oxygens (including phenoxy) is 3. The first kappa shape index (κ1) is 31.9. The van der Waals surface area contributed by atoms with Crippen molar-refractivity contribution >= 4 is 42.6 Å². The number of phenols is 1. The van der Waals surface area contributed by atoms with Gasteiger partial charge in [-0.05, 0) is 69.5 Å². The smallest absolute Gasteiger partial charge is 0.323 e. The molecular formula is C26H35Cl2N2O7P. The van der Waals surface area contributed by atoms with Gasteiger partial charge in [-0.2, -0.15) is 0 Å². The minimum Gasteiger partial charge on any atom is -0.508 e. The predicted molar refractivity (Wildman–Crippen MR) is 149 cm³/mol. The van der Waals surface area contributed by atoms with Gasteiger partial charge in [0.15, 0.2) is 5.75 Å². The summed E-state index contributed by atoms with van der Waals surface area (Å²) in [6.07, 6.45) is -0.142. The molecule has 9 nitrogen and oxygen atoms in total. The molecule has 0 unspecified atom stereocenters. The van der Waals surface area contributed by atoms with Crippen molar-refractivity contribution in [2.45, 2.75) is 65.7 Å². The molecule has 0 heterocycles. The van der Waals surface area contributed by atoms with E-state index in [0.29, 0.717) is 16.9 Å². The van der Waals surface area contributed by atoms with Crippen LogP contribution in [0.25, 0.3) is 0 Å². The molecule has 210 valence electrons. The second-order valence-corrected chi connectivity index (χ2v) is 12.1. The zero-order valence-electron chi connectivity index (χ0n) is 22.3. The first-order chi connectivity index (χ1) is 17.8. The van der Waals surface area contributed by atoms with Gasteiger partial charge in [0.05, 0.1) is 29.4 Å². The molecule has 2 aromatic rings. The Kier molecular flexibility index (Phi) is 11.9. The standard InChI is InChI=1S/C26H35Cl2N2O7P/c1-7-35-25(32)16(5)29-38(34,30-17(6)26(33)36-8-2)14-18-11-21(27)24(22(28)12-18)37-19-9-10-23(31)20(13-19)15(3)4/h9-13,15-17,31H,7-8,14H2,1-6H3,(H2,29,30,34)/t16-,17-/m0/s1. The van der Waals surface area contributed by atoms with Gasteiger partial charge < -0.3 is 19.3 Å². The number of nitrogens with one attached hydrogen (secondary N) is 2. The average molecular weight is 589 g/mol. The fourth-order valence-electron chi connectivity index (χ4n) is 3.63. The molecule has 2 rings (SSSR count). The zero-order valence-corrected chi connectivity index (χ0v) is 24.7. The molecule has 0 amide bonds. The Morgan fingerprint density at radius 2 is 1.42 bits per heavy atom. The summed E-state index contributed by atoms with van der Waals surface area (Å²) in [6.45, 7) is 10.6. The highest BCUT2D eigenvalue weighted by Gasteiger charge is 2.32. The SMILES string of the molecule is CCOC(=O)[C@H](C)NP(=O)(Cc1cc(Cl)c(Oc2ccc(O)c(C(C)C)c2)c(Cl)c1)N[C@@H](C)C(=O)OCC. The molecule has 38 heavy (non-hydrogen) atoms. The fourth-order valence-corrected chi connectivity index (χ4v) is 6.65. The molecule has 0 fully saturated rings. The third-order valence-corrected chi connectivity index (χ3v) is 8.37. The van der Waals surface area contributed by atoms with Gasteiger partial charge in [0.2, 0.25) is 7.44 Å². The van der Waals surface area contributed by atoms with Crippen molar-refractivity contribution in [2.24, 2.45) is 0 Å². The lowest BCUT2D eigenvalue weighted by Crippen LogP contribution is -2.42. The van der Waals surface area contributed by atoms with Crippen molar-refractivity contribution in [2.75, 3.05) is 13.2 Å². The number of rotatable bonds is 13. The summed E-state index contributed by atoms with van der Waals surface area (Å²) in [5.74, 6) is -0.336. The quantitative estimate of drug-likeness (QED) is 0.180. The number of hydrogen-bond donors (Lipinski definition) is 3. The van der Waals surface area contributed by atoms with Crippen molar-refractivity contribution < 1.29 is 33.5 Å². The number of halogens is 2. The van der Waals surface area contributed by atoms with Crippen LogP contribution in [0.4, 0.5) is 0 Å². The van der Waals surface area contributed by atoms with E-state index in [-0.39, 0.29) is 46.8 Å². The Hall–Kier alpha value is -2.29. The van der Waals surface area contributed by atoms with Crippen LogP contribution in [-0.2, 0) is 29.8 Å². The van der Waals surface area contributed by atoms with Gasteiger partial charge >= 0.3 is 11.9 Å². The molecule has 0 spiro atoms. The molecule has 0 radical (unpaired) electrons. The minimum absolute atomic E-state index is 0.0648. The van der Waals surface area contributed by atoms with Crippen molar-refractivity contribution in [1.29, 1.82) is 0 Å². The highest BCUT2D eigenvalue weighted by molar-refractivity contribution is 7.59. The molecule has 12 heteroatoms. The largest absolute Gasteiger partial charge is 0.508 e. The number of phenolic OH excluding ortho intramolecular Hbond substituents is 1. The third kappa shape index (κ3) is 8.89. The summed E-state index contributed by atoms with van der Waals surface area (Å²) < 4.78 is 29.9. The van der Waals surface area contributed by atoms with Gasteiger partial charge in [0.1, 0.15) is 23.6 Å².